The molecule has 1 fully saturated rings. The number of carbonyl (C=O) groups excluding carboxylic acids is 1. The number of benzene rings is 1. The molecule has 0 bridgehead atoms. The van der Waals surface area contributed by atoms with E-state index in [1.807, 2.05) is 18.2 Å². The predicted octanol–water partition coefficient (Wildman–Crippen LogP) is 4.42. The third kappa shape index (κ3) is 4.42. The van der Waals surface area contributed by atoms with Gasteiger partial charge in [-0.25, -0.2) is 0 Å². The van der Waals surface area contributed by atoms with E-state index >= 15 is 0 Å². The van der Waals surface area contributed by atoms with Crippen LogP contribution in [0, 0.1) is 17.8 Å². The Balaban J connectivity index is 2.23. The van der Waals surface area contributed by atoms with E-state index in [2.05, 4.69) is 32.9 Å². The van der Waals surface area contributed by atoms with Gasteiger partial charge in [-0.1, -0.05) is 64.4 Å². The summed E-state index contributed by atoms with van der Waals surface area (Å²) in [7, 11) is 0. The van der Waals surface area contributed by atoms with E-state index in [4.69, 9.17) is 4.74 Å². The number of rotatable bonds is 6. The molecule has 25 heavy (non-hydrogen) atoms. The van der Waals surface area contributed by atoms with E-state index in [-0.39, 0.29) is 23.9 Å². The first kappa shape index (κ1) is 19.5. The number of carbonyl (C=O) groups is 2. The quantitative estimate of drug-likeness (QED) is 0.611. The molecular weight excluding hydrogens is 316 g/mol. The molecule has 1 aromatic carbocycles. The van der Waals surface area contributed by atoms with Gasteiger partial charge in [-0.15, -0.1) is 0 Å². The molecule has 2 rings (SSSR count). The monoisotopic (exact) mass is 346 g/mol. The minimum absolute atomic E-state index is 0.142. The molecule has 0 saturated heterocycles. The largest absolute Gasteiger partial charge is 0.481 e. The van der Waals surface area contributed by atoms with Crippen LogP contribution in [0.2, 0.25) is 0 Å². The van der Waals surface area contributed by atoms with Crippen LogP contribution in [0.5, 0.6) is 0 Å². The van der Waals surface area contributed by atoms with Gasteiger partial charge in [-0.2, -0.15) is 0 Å². The van der Waals surface area contributed by atoms with Gasteiger partial charge in [-0.3, -0.25) is 9.59 Å². The normalized spacial score (nSPS) is 25.2. The SMILES string of the molecule is CCC(C(=O)O)C(=O)O[C@@H]1C[C@H](C)CC[C@H]1C(C)(C)c1ccccc1. The molecule has 0 spiro atoms. The highest BCUT2D eigenvalue weighted by atomic mass is 16.5. The molecule has 0 amide bonds. The van der Waals surface area contributed by atoms with E-state index < -0.39 is 17.9 Å². The third-order valence-corrected chi connectivity index (χ3v) is 5.76. The van der Waals surface area contributed by atoms with Crippen molar-refractivity contribution in [3.8, 4) is 0 Å². The lowest BCUT2D eigenvalue weighted by atomic mass is 9.64. The van der Waals surface area contributed by atoms with Crippen LogP contribution in [0.1, 0.15) is 58.9 Å². The topological polar surface area (TPSA) is 63.6 Å². The third-order valence-electron chi connectivity index (χ3n) is 5.76. The summed E-state index contributed by atoms with van der Waals surface area (Å²) in [6.45, 7) is 8.26. The van der Waals surface area contributed by atoms with Crippen molar-refractivity contribution in [2.24, 2.45) is 17.8 Å². The number of hydrogen-bond donors (Lipinski definition) is 1. The Bertz CT molecular complexity index is 593. The molecule has 0 radical (unpaired) electrons. The highest BCUT2D eigenvalue weighted by Crippen LogP contribution is 2.43. The Hall–Kier alpha value is -1.84. The van der Waals surface area contributed by atoms with E-state index in [9.17, 15) is 14.7 Å². The number of esters is 1. The van der Waals surface area contributed by atoms with Crippen molar-refractivity contribution in [1.82, 2.24) is 0 Å². The number of carboxylic acids is 1. The Morgan fingerprint density at radius 1 is 1.24 bits per heavy atom. The Kier molecular flexibility index (Phi) is 6.26. The Morgan fingerprint density at radius 3 is 2.44 bits per heavy atom. The first-order chi connectivity index (χ1) is 11.8. The second kappa shape index (κ2) is 8.03. The summed E-state index contributed by atoms with van der Waals surface area (Å²) < 4.78 is 5.78. The first-order valence-corrected chi connectivity index (χ1v) is 9.26. The zero-order chi connectivity index (χ0) is 18.6. The molecule has 0 heterocycles. The van der Waals surface area contributed by atoms with Crippen molar-refractivity contribution >= 4 is 11.9 Å². The number of ether oxygens (including phenoxy) is 1. The van der Waals surface area contributed by atoms with Gasteiger partial charge in [0, 0.05) is 5.92 Å². The smallest absolute Gasteiger partial charge is 0.320 e. The fourth-order valence-electron chi connectivity index (χ4n) is 4.04. The van der Waals surface area contributed by atoms with Gasteiger partial charge in [0.2, 0.25) is 0 Å². The number of carboxylic acid groups (broad SMARTS) is 1. The highest BCUT2D eigenvalue weighted by Gasteiger charge is 2.43. The van der Waals surface area contributed by atoms with Crippen LogP contribution < -0.4 is 0 Å². The average molecular weight is 346 g/mol. The molecule has 4 atom stereocenters. The lowest BCUT2D eigenvalue weighted by Crippen LogP contribution is -2.44. The van der Waals surface area contributed by atoms with Gasteiger partial charge < -0.3 is 9.84 Å². The van der Waals surface area contributed by atoms with Crippen molar-refractivity contribution < 1.29 is 19.4 Å². The predicted molar refractivity (Wildman–Crippen MR) is 97.3 cm³/mol. The molecule has 4 nitrogen and oxygen atoms in total. The molecule has 1 aromatic rings. The molecule has 1 aliphatic carbocycles. The number of hydrogen-bond acceptors (Lipinski definition) is 3. The Labute approximate surface area is 150 Å². The zero-order valence-electron chi connectivity index (χ0n) is 15.7. The summed E-state index contributed by atoms with van der Waals surface area (Å²) in [6, 6.07) is 10.3. The molecule has 0 aromatic heterocycles. The van der Waals surface area contributed by atoms with Crippen LogP contribution in [-0.2, 0) is 19.7 Å². The summed E-state index contributed by atoms with van der Waals surface area (Å²) in [5.74, 6) is -2.11. The molecule has 1 N–H and O–H groups in total. The van der Waals surface area contributed by atoms with E-state index in [0.717, 1.165) is 19.3 Å². The average Bonchev–Trinajstić information content (AvgIpc) is 2.55. The van der Waals surface area contributed by atoms with Crippen LogP contribution in [-0.4, -0.2) is 23.1 Å². The van der Waals surface area contributed by atoms with Gasteiger partial charge in [0.1, 0.15) is 6.10 Å². The van der Waals surface area contributed by atoms with Crippen LogP contribution in [0.25, 0.3) is 0 Å². The molecule has 4 heteroatoms. The van der Waals surface area contributed by atoms with Gasteiger partial charge in [0.25, 0.3) is 0 Å². The van der Waals surface area contributed by atoms with Gasteiger partial charge in [0.15, 0.2) is 5.92 Å². The van der Waals surface area contributed by atoms with Crippen molar-refractivity contribution in [3.05, 3.63) is 35.9 Å². The standard InChI is InChI=1S/C21H30O4/c1-5-16(19(22)23)20(24)25-18-13-14(2)11-12-17(18)21(3,4)15-9-7-6-8-10-15/h6-10,14,16-18H,5,11-13H2,1-4H3,(H,22,23)/t14-,16?,17-,18-/m1/s1. The first-order valence-electron chi connectivity index (χ1n) is 9.26. The molecular formula is C21H30O4. The second-order valence-corrected chi connectivity index (χ2v) is 7.89. The van der Waals surface area contributed by atoms with Crippen LogP contribution in [0.3, 0.4) is 0 Å². The molecule has 1 saturated carbocycles. The lowest BCUT2D eigenvalue weighted by Gasteiger charge is -2.44. The summed E-state index contributed by atoms with van der Waals surface area (Å²) in [5, 5.41) is 9.23. The molecule has 1 unspecified atom stereocenters. The van der Waals surface area contributed by atoms with Crippen molar-refractivity contribution in [2.45, 2.75) is 64.9 Å². The minimum Gasteiger partial charge on any atom is -0.481 e. The summed E-state index contributed by atoms with van der Waals surface area (Å²) >= 11 is 0. The zero-order valence-corrected chi connectivity index (χ0v) is 15.7. The van der Waals surface area contributed by atoms with E-state index in [0.29, 0.717) is 5.92 Å². The maximum absolute atomic E-state index is 12.4. The number of aliphatic carboxylic acids is 1. The maximum Gasteiger partial charge on any atom is 0.320 e. The van der Waals surface area contributed by atoms with Crippen LogP contribution in [0.4, 0.5) is 0 Å². The molecule has 138 valence electrons. The summed E-state index contributed by atoms with van der Waals surface area (Å²) in [6.07, 6.45) is 2.89. The fraction of sp³-hybridized carbons (Fsp3) is 0.619. The van der Waals surface area contributed by atoms with E-state index in [1.165, 1.54) is 5.56 Å². The highest BCUT2D eigenvalue weighted by molar-refractivity contribution is 5.93. The maximum atomic E-state index is 12.4. The van der Waals surface area contributed by atoms with Crippen molar-refractivity contribution in [3.63, 3.8) is 0 Å². The fourth-order valence-corrected chi connectivity index (χ4v) is 4.04. The molecule has 0 aliphatic heterocycles. The summed E-state index contributed by atoms with van der Waals surface area (Å²) in [4.78, 5) is 23.7. The minimum atomic E-state index is -1.10. The lowest BCUT2D eigenvalue weighted by molar-refractivity contribution is -0.168. The van der Waals surface area contributed by atoms with Crippen molar-refractivity contribution in [2.75, 3.05) is 0 Å². The second-order valence-electron chi connectivity index (χ2n) is 7.89. The van der Waals surface area contributed by atoms with Crippen LogP contribution in [0.15, 0.2) is 30.3 Å². The molecule has 1 aliphatic rings. The summed E-state index contributed by atoms with van der Waals surface area (Å²) in [5.41, 5.74) is 1.08. The van der Waals surface area contributed by atoms with Gasteiger partial charge in [0.05, 0.1) is 0 Å². The van der Waals surface area contributed by atoms with E-state index in [1.54, 1.807) is 6.92 Å². The van der Waals surface area contributed by atoms with Crippen LogP contribution >= 0.6 is 0 Å². The van der Waals surface area contributed by atoms with Gasteiger partial charge >= 0.3 is 11.9 Å². The van der Waals surface area contributed by atoms with Crippen molar-refractivity contribution in [1.29, 1.82) is 0 Å². The Morgan fingerprint density at radius 2 is 1.88 bits per heavy atom. The van der Waals surface area contributed by atoms with Gasteiger partial charge in [-0.05, 0) is 36.2 Å².